The Kier molecular flexibility index (Phi) is 8.44. The Balaban J connectivity index is 1.23. The molecule has 1 spiro atoms. The first-order chi connectivity index (χ1) is 21.1. The number of nitrogens with zero attached hydrogens (tertiary/aromatic N) is 4. The fourth-order valence-electron chi connectivity index (χ4n) is 7.38. The van der Waals surface area contributed by atoms with Gasteiger partial charge < -0.3 is 29.5 Å². The lowest BCUT2D eigenvalue weighted by Crippen LogP contribution is -2.45. The molecule has 3 aromatic rings. The number of aromatic nitrogens is 3. The first-order valence-electron chi connectivity index (χ1n) is 15.5. The van der Waals surface area contributed by atoms with Crippen LogP contribution in [0.15, 0.2) is 54.7 Å². The van der Waals surface area contributed by atoms with Gasteiger partial charge in [-0.2, -0.15) is 0 Å². The van der Waals surface area contributed by atoms with Crippen molar-refractivity contribution in [1.29, 1.82) is 0 Å². The number of carbonyl (C=O) groups is 2. The molecule has 44 heavy (non-hydrogen) atoms. The Morgan fingerprint density at radius 2 is 2.00 bits per heavy atom. The number of aryl methyl sites for hydroxylation is 1. The molecule has 3 aliphatic heterocycles. The van der Waals surface area contributed by atoms with E-state index in [0.717, 1.165) is 36.2 Å². The van der Waals surface area contributed by atoms with Gasteiger partial charge >= 0.3 is 0 Å². The minimum Gasteiger partial charge on any atom is -0.396 e. The standard InChI is InChI=1S/C32H41FN6O4Si/c1-21-29(44(2,3)33)28(14-17-38-20-24(15-18-40)36-37-38)43-32(21)25-7-4-5-9-27(25)39(31(32)42)19-22-10-12-23(13-11-22)35-30(41)26-8-6-16-34-26/h4-5,7,9-13,20-21,26,28-29,34,40H,6,8,14-19H2,1-3H3,(H,35,41)/t21-,26-,28+,29-,32+/m1/s1. The highest BCUT2D eigenvalue weighted by molar-refractivity contribution is 6.72. The minimum absolute atomic E-state index is 0.00889. The van der Waals surface area contributed by atoms with Crippen molar-refractivity contribution >= 4 is 31.6 Å². The number of amides is 2. The average Bonchev–Trinajstić information content (AvgIpc) is 3.78. The van der Waals surface area contributed by atoms with Crippen LogP contribution in [0.4, 0.5) is 15.5 Å². The van der Waals surface area contributed by atoms with Crippen molar-refractivity contribution in [3.63, 3.8) is 0 Å². The van der Waals surface area contributed by atoms with Crippen LogP contribution in [0.2, 0.25) is 18.6 Å². The molecule has 2 amide bonds. The molecule has 1 aromatic heterocycles. The number of ether oxygens (including phenoxy) is 1. The smallest absolute Gasteiger partial charge is 0.264 e. The second kappa shape index (κ2) is 12.1. The van der Waals surface area contributed by atoms with E-state index in [1.54, 1.807) is 28.9 Å². The van der Waals surface area contributed by atoms with Crippen LogP contribution in [0, 0.1) is 5.92 Å². The summed E-state index contributed by atoms with van der Waals surface area (Å²) in [5.74, 6) is -0.584. The van der Waals surface area contributed by atoms with Crippen LogP contribution >= 0.6 is 0 Å². The van der Waals surface area contributed by atoms with Gasteiger partial charge in [0.1, 0.15) is 0 Å². The normalized spacial score (nSPS) is 26.5. The average molecular weight is 621 g/mol. The Morgan fingerprint density at radius 3 is 2.70 bits per heavy atom. The predicted octanol–water partition coefficient (Wildman–Crippen LogP) is 3.92. The quantitative estimate of drug-likeness (QED) is 0.232. The summed E-state index contributed by atoms with van der Waals surface area (Å²) in [5.41, 5.74) is 2.18. The van der Waals surface area contributed by atoms with E-state index in [1.807, 2.05) is 55.5 Å². The first kappa shape index (κ1) is 30.6. The van der Waals surface area contributed by atoms with Crippen molar-refractivity contribution < 1.29 is 23.5 Å². The van der Waals surface area contributed by atoms with Gasteiger partial charge in [-0.25, -0.2) is 0 Å². The second-order valence-electron chi connectivity index (χ2n) is 12.7. The molecule has 0 bridgehead atoms. The van der Waals surface area contributed by atoms with Gasteiger partial charge in [-0.15, -0.1) is 5.10 Å². The van der Waals surface area contributed by atoms with E-state index < -0.39 is 25.7 Å². The van der Waals surface area contributed by atoms with E-state index in [2.05, 4.69) is 20.9 Å². The summed E-state index contributed by atoms with van der Waals surface area (Å²) in [6.07, 6.45) is 4.04. The van der Waals surface area contributed by atoms with Crippen LogP contribution in [0.3, 0.4) is 0 Å². The number of aliphatic hydroxyl groups excluding tert-OH is 1. The monoisotopic (exact) mass is 620 g/mol. The number of hydrogen-bond donors (Lipinski definition) is 3. The summed E-state index contributed by atoms with van der Waals surface area (Å²) < 4.78 is 24.6. The number of halogens is 1. The molecule has 3 N–H and O–H groups in total. The van der Waals surface area contributed by atoms with Crippen LogP contribution in [-0.2, 0) is 39.4 Å². The Hall–Kier alpha value is -3.45. The number of anilines is 2. The third kappa shape index (κ3) is 5.60. The number of nitrogens with one attached hydrogen (secondary N) is 2. The van der Waals surface area contributed by atoms with Gasteiger partial charge in [0.15, 0.2) is 5.60 Å². The number of fused-ring (bicyclic) bond motifs is 2. The molecular formula is C32H41FN6O4Si. The lowest BCUT2D eigenvalue weighted by molar-refractivity contribution is -0.146. The summed E-state index contributed by atoms with van der Waals surface area (Å²) in [5, 5.41) is 23.7. The summed E-state index contributed by atoms with van der Waals surface area (Å²) in [6, 6.07) is 15.1. The van der Waals surface area contributed by atoms with Gasteiger partial charge in [0.25, 0.3) is 5.91 Å². The van der Waals surface area contributed by atoms with Crippen LogP contribution in [-0.4, -0.2) is 65.6 Å². The zero-order valence-corrected chi connectivity index (χ0v) is 26.5. The molecule has 0 aliphatic carbocycles. The summed E-state index contributed by atoms with van der Waals surface area (Å²) in [4.78, 5) is 28.8. The van der Waals surface area contributed by atoms with Crippen molar-refractivity contribution in [3.05, 3.63) is 71.5 Å². The zero-order chi connectivity index (χ0) is 31.1. The van der Waals surface area contributed by atoms with Crippen molar-refractivity contribution in [2.45, 2.75) is 82.1 Å². The molecule has 0 saturated carbocycles. The Morgan fingerprint density at radius 1 is 1.23 bits per heavy atom. The van der Waals surface area contributed by atoms with Crippen LogP contribution < -0.4 is 15.5 Å². The highest BCUT2D eigenvalue weighted by Crippen LogP contribution is 2.60. The first-order valence-corrected chi connectivity index (χ1v) is 18.5. The van der Waals surface area contributed by atoms with Crippen LogP contribution in [0.1, 0.15) is 43.0 Å². The highest BCUT2D eigenvalue weighted by Gasteiger charge is 2.66. The number of hydrogen-bond acceptors (Lipinski definition) is 7. The van der Waals surface area contributed by atoms with E-state index >= 15 is 4.11 Å². The van der Waals surface area contributed by atoms with Crippen molar-refractivity contribution in [2.75, 3.05) is 23.4 Å². The molecule has 10 nitrogen and oxygen atoms in total. The molecule has 4 heterocycles. The van der Waals surface area contributed by atoms with E-state index in [1.165, 1.54) is 0 Å². The number of para-hydroxylation sites is 1. The van der Waals surface area contributed by atoms with Gasteiger partial charge in [0.05, 0.1) is 30.1 Å². The number of aliphatic hydroxyl groups is 1. The summed E-state index contributed by atoms with van der Waals surface area (Å²) in [6.45, 7) is 6.99. The maximum absolute atomic E-state index is 16.1. The number of benzene rings is 2. The molecule has 12 heteroatoms. The molecule has 234 valence electrons. The van der Waals surface area contributed by atoms with Gasteiger partial charge in [0.2, 0.25) is 14.3 Å². The molecule has 5 atom stereocenters. The Labute approximate surface area is 258 Å². The highest BCUT2D eigenvalue weighted by atomic mass is 28.4. The van der Waals surface area contributed by atoms with E-state index in [9.17, 15) is 14.7 Å². The molecule has 0 radical (unpaired) electrons. The zero-order valence-electron chi connectivity index (χ0n) is 25.5. The van der Waals surface area contributed by atoms with Gasteiger partial charge in [0, 0.05) is 48.5 Å². The Bertz CT molecular complexity index is 1500. The summed E-state index contributed by atoms with van der Waals surface area (Å²) in [7, 11) is -3.28. The maximum atomic E-state index is 16.1. The SMILES string of the molecule is C[C@@H]1[C@@H]([Si](C)(C)F)[C@H](CCn2cc(CCO)nn2)O[C@@]12C(=O)N(Cc1ccc(NC(=O)[C@H]3CCCN3)cc1)c1ccccc12. The largest absolute Gasteiger partial charge is 0.396 e. The van der Waals surface area contributed by atoms with Crippen molar-refractivity contribution in [1.82, 2.24) is 20.3 Å². The molecule has 6 rings (SSSR count). The van der Waals surface area contributed by atoms with Crippen molar-refractivity contribution in [2.24, 2.45) is 5.92 Å². The lowest BCUT2D eigenvalue weighted by atomic mass is 9.82. The molecule has 3 aliphatic rings. The molecule has 0 unspecified atom stereocenters. The number of carbonyl (C=O) groups excluding carboxylic acids is 2. The molecule has 2 fully saturated rings. The van der Waals surface area contributed by atoms with Gasteiger partial charge in [-0.3, -0.25) is 14.3 Å². The van der Waals surface area contributed by atoms with E-state index in [0.29, 0.717) is 37.3 Å². The van der Waals surface area contributed by atoms with Crippen molar-refractivity contribution in [3.8, 4) is 0 Å². The summed E-state index contributed by atoms with van der Waals surface area (Å²) >= 11 is 0. The maximum Gasteiger partial charge on any atom is 0.264 e. The second-order valence-corrected chi connectivity index (χ2v) is 16.5. The molecular weight excluding hydrogens is 579 g/mol. The third-order valence-corrected chi connectivity index (χ3v) is 11.9. The molecule has 2 aromatic carbocycles. The number of rotatable bonds is 10. The third-order valence-electron chi connectivity index (χ3n) is 9.40. The van der Waals surface area contributed by atoms with Crippen LogP contribution in [0.25, 0.3) is 0 Å². The lowest BCUT2D eigenvalue weighted by Gasteiger charge is -2.31. The molecule has 2 saturated heterocycles. The van der Waals surface area contributed by atoms with E-state index in [-0.39, 0.29) is 30.4 Å². The van der Waals surface area contributed by atoms with Gasteiger partial charge in [-0.05, 0) is 62.7 Å². The predicted molar refractivity (Wildman–Crippen MR) is 167 cm³/mol. The van der Waals surface area contributed by atoms with Gasteiger partial charge in [-0.1, -0.05) is 42.5 Å². The fourth-order valence-corrected chi connectivity index (χ4v) is 9.92. The van der Waals surface area contributed by atoms with Crippen LogP contribution in [0.5, 0.6) is 0 Å². The minimum atomic E-state index is -3.28. The fraction of sp³-hybridized carbons (Fsp3) is 0.500. The topological polar surface area (TPSA) is 122 Å². The van der Waals surface area contributed by atoms with E-state index in [4.69, 9.17) is 4.74 Å².